The highest BCUT2D eigenvalue weighted by Gasteiger charge is 2.33. The first-order valence-electron chi connectivity index (χ1n) is 10.9. The molecule has 0 N–H and O–H groups in total. The van der Waals surface area contributed by atoms with E-state index in [2.05, 4.69) is 25.6 Å². The molecule has 1 unspecified atom stereocenters. The number of ether oxygens (including phenoxy) is 1. The molecule has 3 heterocycles. The van der Waals surface area contributed by atoms with Gasteiger partial charge < -0.3 is 14.2 Å². The molecule has 0 radical (unpaired) electrons. The molecule has 3 aromatic rings. The molecule has 11 heteroatoms. The van der Waals surface area contributed by atoms with E-state index < -0.39 is 12.1 Å². The van der Waals surface area contributed by atoms with Gasteiger partial charge in [-0.3, -0.25) is 9.69 Å². The molecule has 0 spiro atoms. The van der Waals surface area contributed by atoms with Gasteiger partial charge in [-0.2, -0.15) is 5.26 Å². The van der Waals surface area contributed by atoms with E-state index in [0.29, 0.717) is 36.4 Å². The van der Waals surface area contributed by atoms with Gasteiger partial charge in [0.05, 0.1) is 16.2 Å². The maximum atomic E-state index is 12.6. The van der Waals surface area contributed by atoms with E-state index in [1.807, 2.05) is 13.8 Å². The molecule has 0 amide bonds. The van der Waals surface area contributed by atoms with E-state index in [1.54, 1.807) is 31.3 Å². The zero-order chi connectivity index (χ0) is 25.5. The molecule has 1 aliphatic heterocycles. The van der Waals surface area contributed by atoms with Gasteiger partial charge in [0, 0.05) is 44.8 Å². The molecule has 7 nitrogen and oxygen atoms in total. The van der Waals surface area contributed by atoms with Crippen molar-refractivity contribution in [2.24, 2.45) is 7.05 Å². The van der Waals surface area contributed by atoms with Crippen molar-refractivity contribution in [1.29, 1.82) is 5.26 Å². The fourth-order valence-electron chi connectivity index (χ4n) is 4.43. The lowest BCUT2D eigenvalue weighted by atomic mass is 10.0. The van der Waals surface area contributed by atoms with Crippen molar-refractivity contribution in [3.63, 3.8) is 0 Å². The van der Waals surface area contributed by atoms with E-state index >= 15 is 0 Å². The lowest BCUT2D eigenvalue weighted by Gasteiger charge is -2.45. The van der Waals surface area contributed by atoms with Crippen LogP contribution in [0.4, 0.5) is 18.9 Å². The van der Waals surface area contributed by atoms with Crippen LogP contribution in [0.1, 0.15) is 25.1 Å². The topological polar surface area (TPSA) is 74.4 Å². The summed E-state index contributed by atoms with van der Waals surface area (Å²) < 4.78 is 43.0. The summed E-state index contributed by atoms with van der Waals surface area (Å²) in [5.41, 5.74) is 2.77. The lowest BCUT2D eigenvalue weighted by Crippen LogP contribution is -2.56. The Kier molecular flexibility index (Phi) is 6.66. The minimum absolute atomic E-state index is 0.00245. The first-order chi connectivity index (χ1) is 16.5. The van der Waals surface area contributed by atoms with Crippen LogP contribution in [0.5, 0.6) is 5.75 Å². The summed E-state index contributed by atoms with van der Waals surface area (Å²) in [4.78, 5) is 21.4. The number of halogens is 4. The molecule has 1 fully saturated rings. The van der Waals surface area contributed by atoms with Gasteiger partial charge >= 0.3 is 6.36 Å². The van der Waals surface area contributed by atoms with Crippen LogP contribution < -0.4 is 15.2 Å². The molecule has 2 atom stereocenters. The third-order valence-electron chi connectivity index (χ3n) is 6.22. The number of nitrogens with zero attached hydrogens (tertiary/aromatic N) is 5. The van der Waals surface area contributed by atoms with E-state index in [-0.39, 0.29) is 28.4 Å². The Morgan fingerprint density at radius 1 is 1.17 bits per heavy atom. The SMILES string of the molecule is CC1CN(c2cc(=O)n(C)c3ccc(C#N)nc23)[C@@H](C)CN1Cc1ccc(OC(F)(F)F)c(Cl)c1. The summed E-state index contributed by atoms with van der Waals surface area (Å²) in [5.74, 6) is -0.434. The Labute approximate surface area is 204 Å². The van der Waals surface area contributed by atoms with Crippen molar-refractivity contribution >= 4 is 28.3 Å². The van der Waals surface area contributed by atoms with Gasteiger partial charge in [0.25, 0.3) is 5.56 Å². The molecule has 1 aliphatic rings. The molecule has 0 aliphatic carbocycles. The number of fused-ring (bicyclic) bond motifs is 1. The number of hydrogen-bond donors (Lipinski definition) is 0. The second-order valence-electron chi connectivity index (χ2n) is 8.70. The second-order valence-corrected chi connectivity index (χ2v) is 9.10. The predicted octanol–water partition coefficient (Wildman–Crippen LogP) is 4.46. The van der Waals surface area contributed by atoms with Crippen LogP contribution in [-0.4, -0.2) is 46.0 Å². The average molecular weight is 506 g/mol. The first-order valence-corrected chi connectivity index (χ1v) is 11.3. The number of nitriles is 1. The highest BCUT2D eigenvalue weighted by atomic mass is 35.5. The lowest BCUT2D eigenvalue weighted by molar-refractivity contribution is -0.274. The van der Waals surface area contributed by atoms with E-state index in [4.69, 9.17) is 11.6 Å². The quantitative estimate of drug-likeness (QED) is 0.521. The van der Waals surface area contributed by atoms with Gasteiger partial charge in [0.15, 0.2) is 0 Å². The molecular weight excluding hydrogens is 483 g/mol. The van der Waals surface area contributed by atoms with Crippen LogP contribution in [0.2, 0.25) is 5.02 Å². The summed E-state index contributed by atoms with van der Waals surface area (Å²) in [7, 11) is 1.67. The van der Waals surface area contributed by atoms with Crippen molar-refractivity contribution < 1.29 is 17.9 Å². The fraction of sp³-hybridized carbons (Fsp3) is 0.375. The maximum Gasteiger partial charge on any atom is 0.573 e. The van der Waals surface area contributed by atoms with Crippen molar-refractivity contribution in [1.82, 2.24) is 14.5 Å². The fourth-order valence-corrected chi connectivity index (χ4v) is 4.67. The van der Waals surface area contributed by atoms with Crippen molar-refractivity contribution in [2.75, 3.05) is 18.0 Å². The summed E-state index contributed by atoms with van der Waals surface area (Å²) in [6, 6.07) is 11.2. The highest BCUT2D eigenvalue weighted by molar-refractivity contribution is 6.32. The van der Waals surface area contributed by atoms with Crippen molar-refractivity contribution in [3.8, 4) is 11.8 Å². The Balaban J connectivity index is 1.58. The van der Waals surface area contributed by atoms with E-state index in [9.17, 15) is 23.2 Å². The van der Waals surface area contributed by atoms with Gasteiger partial charge in [0.2, 0.25) is 0 Å². The van der Waals surface area contributed by atoms with E-state index in [1.165, 1.54) is 16.7 Å². The molecule has 1 saturated heterocycles. The average Bonchev–Trinajstić information content (AvgIpc) is 2.79. The molecule has 2 aromatic heterocycles. The standard InChI is InChI=1S/C24H23ClF3N5O2/c1-14-12-33(20-9-22(34)31(3)19-6-5-17(10-29)30-23(19)20)15(2)11-32(14)13-16-4-7-21(18(25)8-16)35-24(26,27)28/h4-9,14-15H,11-13H2,1-3H3/t14?,15-/m0/s1. The number of anilines is 1. The first kappa shape index (κ1) is 24.8. The number of aryl methyl sites for hydroxylation is 1. The van der Waals surface area contributed by atoms with E-state index in [0.717, 1.165) is 5.56 Å². The van der Waals surface area contributed by atoms with Crippen LogP contribution in [0.3, 0.4) is 0 Å². The Morgan fingerprint density at radius 3 is 2.57 bits per heavy atom. The minimum Gasteiger partial charge on any atom is -0.404 e. The summed E-state index contributed by atoms with van der Waals surface area (Å²) in [6.45, 7) is 5.78. The number of pyridine rings is 2. The summed E-state index contributed by atoms with van der Waals surface area (Å²) >= 11 is 6.02. The normalized spacial score (nSPS) is 19.1. The monoisotopic (exact) mass is 505 g/mol. The zero-order valence-electron chi connectivity index (χ0n) is 19.3. The molecule has 0 bridgehead atoms. The maximum absolute atomic E-state index is 12.6. The smallest absolute Gasteiger partial charge is 0.404 e. The van der Waals surface area contributed by atoms with Crippen LogP contribution in [0.15, 0.2) is 41.2 Å². The van der Waals surface area contributed by atoms with Crippen molar-refractivity contribution in [2.45, 2.75) is 38.8 Å². The largest absolute Gasteiger partial charge is 0.573 e. The Hall–Kier alpha value is -3.29. The summed E-state index contributed by atoms with van der Waals surface area (Å²) in [6.07, 6.45) is -4.81. The minimum atomic E-state index is -4.81. The predicted molar refractivity (Wildman–Crippen MR) is 127 cm³/mol. The number of benzene rings is 1. The number of hydrogen-bond acceptors (Lipinski definition) is 6. The number of piperazine rings is 1. The molecule has 1 aromatic carbocycles. The highest BCUT2D eigenvalue weighted by Crippen LogP contribution is 2.33. The van der Waals surface area contributed by atoms with Gasteiger partial charge in [0.1, 0.15) is 23.0 Å². The molecular formula is C24H23ClF3N5O2. The number of aromatic nitrogens is 2. The van der Waals surface area contributed by atoms with Gasteiger partial charge in [-0.1, -0.05) is 17.7 Å². The number of alkyl halides is 3. The van der Waals surface area contributed by atoms with Gasteiger partial charge in [-0.25, -0.2) is 4.98 Å². The Bertz CT molecular complexity index is 1370. The van der Waals surface area contributed by atoms with Gasteiger partial charge in [-0.15, -0.1) is 13.2 Å². The molecule has 4 rings (SSSR count). The third kappa shape index (κ3) is 5.21. The third-order valence-corrected chi connectivity index (χ3v) is 6.51. The summed E-state index contributed by atoms with van der Waals surface area (Å²) in [5, 5.41) is 9.20. The van der Waals surface area contributed by atoms with Crippen LogP contribution in [0, 0.1) is 11.3 Å². The number of rotatable bonds is 4. The molecule has 35 heavy (non-hydrogen) atoms. The zero-order valence-corrected chi connectivity index (χ0v) is 20.1. The molecule has 184 valence electrons. The van der Waals surface area contributed by atoms with Crippen LogP contribution in [0.25, 0.3) is 11.0 Å². The Morgan fingerprint density at radius 2 is 1.91 bits per heavy atom. The van der Waals surface area contributed by atoms with Crippen LogP contribution in [-0.2, 0) is 13.6 Å². The van der Waals surface area contributed by atoms with Crippen LogP contribution >= 0.6 is 11.6 Å². The van der Waals surface area contributed by atoms with Crippen molar-refractivity contribution in [3.05, 3.63) is 63.0 Å². The molecule has 0 saturated carbocycles. The van der Waals surface area contributed by atoms with Gasteiger partial charge in [-0.05, 0) is 43.7 Å². The second kappa shape index (κ2) is 9.40.